The molecular formula is C12H13N4S+. The first-order valence-electron chi connectivity index (χ1n) is 5.44. The Morgan fingerprint density at radius 3 is 3.12 bits per heavy atom. The Balaban J connectivity index is 2.05. The van der Waals surface area contributed by atoms with Crippen molar-refractivity contribution in [3.05, 3.63) is 41.6 Å². The van der Waals surface area contributed by atoms with E-state index in [0.29, 0.717) is 0 Å². The fraction of sp³-hybridized carbons (Fsp3) is 0.250. The number of hydrogen-bond donors (Lipinski definition) is 0. The Kier molecular flexibility index (Phi) is 2.40. The van der Waals surface area contributed by atoms with Crippen molar-refractivity contribution in [3.63, 3.8) is 0 Å². The second kappa shape index (κ2) is 3.92. The van der Waals surface area contributed by atoms with E-state index in [9.17, 15) is 0 Å². The largest absolute Gasteiger partial charge is 0.244 e. The van der Waals surface area contributed by atoms with Gasteiger partial charge in [-0.25, -0.2) is 19.1 Å². The van der Waals surface area contributed by atoms with Crippen molar-refractivity contribution in [2.75, 3.05) is 0 Å². The van der Waals surface area contributed by atoms with Crippen molar-refractivity contribution in [1.29, 1.82) is 0 Å². The highest BCUT2D eigenvalue weighted by Gasteiger charge is 2.10. The number of fused-ring (bicyclic) bond motifs is 1. The molecule has 5 heteroatoms. The molecule has 0 amide bonds. The Hall–Kier alpha value is -1.75. The van der Waals surface area contributed by atoms with Gasteiger partial charge in [0.2, 0.25) is 6.33 Å². The van der Waals surface area contributed by atoms with E-state index in [1.165, 1.54) is 5.56 Å². The Morgan fingerprint density at radius 2 is 2.35 bits per heavy atom. The van der Waals surface area contributed by atoms with Crippen molar-refractivity contribution in [2.24, 2.45) is 7.05 Å². The van der Waals surface area contributed by atoms with E-state index >= 15 is 0 Å². The number of hydrogen-bond acceptors (Lipinski definition) is 3. The first-order chi connectivity index (χ1) is 8.22. The number of imidazole rings is 1. The van der Waals surface area contributed by atoms with Crippen LogP contribution in [0.1, 0.15) is 10.6 Å². The third-order valence-corrected chi connectivity index (χ3v) is 3.54. The van der Waals surface area contributed by atoms with E-state index in [1.807, 2.05) is 37.0 Å². The standard InChI is InChI=1S/C12H13N4S/c1-9-14-11-10(3-4-13-12(11)17-9)7-16-6-5-15(2)8-16/h3-6,8H,7H2,1-2H3/q+1. The predicted octanol–water partition coefficient (Wildman–Crippen LogP) is 1.67. The minimum Gasteiger partial charge on any atom is -0.244 e. The first kappa shape index (κ1) is 10.4. The van der Waals surface area contributed by atoms with Crippen molar-refractivity contribution >= 4 is 21.7 Å². The molecule has 0 aromatic carbocycles. The third-order valence-electron chi connectivity index (χ3n) is 2.66. The average molecular weight is 245 g/mol. The molecule has 0 fully saturated rings. The molecule has 0 aliphatic carbocycles. The molecule has 3 aromatic rings. The van der Waals surface area contributed by atoms with Gasteiger partial charge in [0.15, 0.2) is 0 Å². The number of nitrogens with zero attached hydrogens (tertiary/aromatic N) is 4. The maximum Gasteiger partial charge on any atom is 0.243 e. The van der Waals surface area contributed by atoms with Crippen molar-refractivity contribution < 1.29 is 4.57 Å². The molecule has 0 saturated heterocycles. The second-order valence-electron chi connectivity index (χ2n) is 4.11. The minimum absolute atomic E-state index is 0.836. The summed E-state index contributed by atoms with van der Waals surface area (Å²) in [6.45, 7) is 2.86. The van der Waals surface area contributed by atoms with Crippen LogP contribution in [-0.4, -0.2) is 14.5 Å². The van der Waals surface area contributed by atoms with Crippen molar-refractivity contribution in [1.82, 2.24) is 14.5 Å². The van der Waals surface area contributed by atoms with Crippen LogP contribution in [0.4, 0.5) is 0 Å². The minimum atomic E-state index is 0.836. The van der Waals surface area contributed by atoms with Gasteiger partial charge in [0.25, 0.3) is 0 Å². The van der Waals surface area contributed by atoms with Crippen LogP contribution in [0.3, 0.4) is 0 Å². The smallest absolute Gasteiger partial charge is 0.243 e. The zero-order valence-corrected chi connectivity index (χ0v) is 10.6. The van der Waals surface area contributed by atoms with Gasteiger partial charge in [-0.15, -0.1) is 0 Å². The van der Waals surface area contributed by atoms with Gasteiger partial charge in [0, 0.05) is 11.8 Å². The van der Waals surface area contributed by atoms with Crippen LogP contribution in [0.2, 0.25) is 0 Å². The van der Waals surface area contributed by atoms with Gasteiger partial charge in [0.05, 0.1) is 12.1 Å². The lowest BCUT2D eigenvalue weighted by Gasteiger charge is -1.98. The monoisotopic (exact) mass is 245 g/mol. The molecular weight excluding hydrogens is 232 g/mol. The molecule has 86 valence electrons. The predicted molar refractivity (Wildman–Crippen MR) is 66.9 cm³/mol. The number of aromatic nitrogens is 4. The summed E-state index contributed by atoms with van der Waals surface area (Å²) in [5.41, 5.74) is 2.25. The Morgan fingerprint density at radius 1 is 1.47 bits per heavy atom. The number of rotatable bonds is 2. The zero-order chi connectivity index (χ0) is 11.8. The molecule has 0 aliphatic heterocycles. The SMILES string of the molecule is Cc1nc2c(Cn3cc[n+](C)c3)ccnc2s1. The van der Waals surface area contributed by atoms with Crippen LogP contribution in [0.5, 0.6) is 0 Å². The lowest BCUT2D eigenvalue weighted by atomic mass is 10.2. The van der Waals surface area contributed by atoms with E-state index < -0.39 is 0 Å². The summed E-state index contributed by atoms with van der Waals surface area (Å²) >= 11 is 1.65. The first-order valence-corrected chi connectivity index (χ1v) is 6.26. The number of aryl methyl sites for hydroxylation is 2. The summed E-state index contributed by atoms with van der Waals surface area (Å²) in [6, 6.07) is 2.04. The van der Waals surface area contributed by atoms with Gasteiger partial charge in [-0.1, -0.05) is 11.3 Å². The molecule has 0 atom stereocenters. The topological polar surface area (TPSA) is 34.6 Å². The van der Waals surface area contributed by atoms with Crippen LogP contribution in [0, 0.1) is 6.92 Å². The quantitative estimate of drug-likeness (QED) is 0.644. The highest BCUT2D eigenvalue weighted by molar-refractivity contribution is 7.18. The third kappa shape index (κ3) is 1.93. The summed E-state index contributed by atoms with van der Waals surface area (Å²) in [7, 11) is 2.02. The van der Waals surface area contributed by atoms with Gasteiger partial charge in [0.1, 0.15) is 29.3 Å². The van der Waals surface area contributed by atoms with Gasteiger partial charge in [-0.2, -0.15) is 0 Å². The molecule has 0 spiro atoms. The highest BCUT2D eigenvalue weighted by atomic mass is 32.1. The number of thiazole rings is 1. The van der Waals surface area contributed by atoms with Crippen LogP contribution in [0.25, 0.3) is 10.3 Å². The summed E-state index contributed by atoms with van der Waals surface area (Å²) < 4.78 is 4.17. The molecule has 3 rings (SSSR count). The molecule has 0 radical (unpaired) electrons. The zero-order valence-electron chi connectivity index (χ0n) is 9.79. The second-order valence-corrected chi connectivity index (χ2v) is 5.29. The molecule has 3 heterocycles. The van der Waals surface area contributed by atoms with E-state index in [-0.39, 0.29) is 0 Å². The van der Waals surface area contributed by atoms with Gasteiger partial charge < -0.3 is 0 Å². The van der Waals surface area contributed by atoms with E-state index in [1.54, 1.807) is 11.3 Å². The fourth-order valence-corrected chi connectivity index (χ4v) is 2.71. The van der Waals surface area contributed by atoms with Gasteiger partial charge in [-0.3, -0.25) is 0 Å². The summed E-state index contributed by atoms with van der Waals surface area (Å²) in [5.74, 6) is 0. The maximum atomic E-state index is 4.55. The molecule has 0 saturated carbocycles. The van der Waals surface area contributed by atoms with Crippen molar-refractivity contribution in [3.8, 4) is 0 Å². The fourth-order valence-electron chi connectivity index (χ4n) is 1.91. The van der Waals surface area contributed by atoms with Gasteiger partial charge in [-0.05, 0) is 13.0 Å². The summed E-state index contributed by atoms with van der Waals surface area (Å²) in [6.07, 6.45) is 8.01. The van der Waals surface area contributed by atoms with E-state index in [0.717, 1.165) is 21.9 Å². The Labute approximate surface area is 103 Å². The lowest BCUT2D eigenvalue weighted by molar-refractivity contribution is -0.671. The van der Waals surface area contributed by atoms with Crippen LogP contribution in [0.15, 0.2) is 31.0 Å². The average Bonchev–Trinajstić information content (AvgIpc) is 2.84. The lowest BCUT2D eigenvalue weighted by Crippen LogP contribution is -2.23. The molecule has 3 aromatic heterocycles. The Bertz CT molecular complexity index is 668. The van der Waals surface area contributed by atoms with E-state index in [4.69, 9.17) is 0 Å². The highest BCUT2D eigenvalue weighted by Crippen LogP contribution is 2.22. The molecule has 0 aliphatic rings. The van der Waals surface area contributed by atoms with E-state index in [2.05, 4.69) is 27.1 Å². The molecule has 0 bridgehead atoms. The molecule has 0 N–H and O–H groups in total. The number of pyridine rings is 1. The summed E-state index contributed by atoms with van der Waals surface area (Å²) in [4.78, 5) is 9.93. The summed E-state index contributed by atoms with van der Waals surface area (Å²) in [5, 5.41) is 1.07. The molecule has 0 unspecified atom stereocenters. The van der Waals surface area contributed by atoms with Crippen molar-refractivity contribution in [2.45, 2.75) is 13.5 Å². The van der Waals surface area contributed by atoms with Crippen LogP contribution < -0.4 is 4.57 Å². The maximum absolute atomic E-state index is 4.55. The normalized spacial score (nSPS) is 11.2. The molecule has 4 nitrogen and oxygen atoms in total. The van der Waals surface area contributed by atoms with Crippen LogP contribution >= 0.6 is 11.3 Å². The van der Waals surface area contributed by atoms with Gasteiger partial charge >= 0.3 is 0 Å². The molecule has 17 heavy (non-hydrogen) atoms. The van der Waals surface area contributed by atoms with Crippen LogP contribution in [-0.2, 0) is 13.6 Å².